The molecule has 0 N–H and O–H groups in total. The molecule has 7 heteroatoms. The SMILES string of the molecule is COc1ccc(CN(C(=O)COC(=O)c2cc(F)ccc2Br)C2CC2)cc1. The van der Waals surface area contributed by atoms with Gasteiger partial charge in [-0.05, 0) is 64.7 Å². The number of benzene rings is 2. The molecule has 27 heavy (non-hydrogen) atoms. The van der Waals surface area contributed by atoms with Gasteiger partial charge in [0.25, 0.3) is 5.91 Å². The van der Waals surface area contributed by atoms with E-state index < -0.39 is 11.8 Å². The molecule has 0 heterocycles. The van der Waals surface area contributed by atoms with Crippen LogP contribution >= 0.6 is 15.9 Å². The zero-order valence-electron chi connectivity index (χ0n) is 14.8. The molecule has 1 aliphatic rings. The lowest BCUT2D eigenvalue weighted by molar-refractivity contribution is -0.135. The van der Waals surface area contributed by atoms with Gasteiger partial charge < -0.3 is 14.4 Å². The quantitative estimate of drug-likeness (QED) is 0.617. The Labute approximate surface area is 165 Å². The van der Waals surface area contributed by atoms with Gasteiger partial charge in [0.05, 0.1) is 12.7 Å². The third kappa shape index (κ3) is 5.07. The summed E-state index contributed by atoms with van der Waals surface area (Å²) in [6.45, 7) is 0.0587. The van der Waals surface area contributed by atoms with E-state index in [0.29, 0.717) is 11.0 Å². The fourth-order valence-electron chi connectivity index (χ4n) is 2.68. The summed E-state index contributed by atoms with van der Waals surface area (Å²) in [5.74, 6) is -0.808. The number of nitrogens with zero attached hydrogens (tertiary/aromatic N) is 1. The third-order valence-electron chi connectivity index (χ3n) is 4.30. The highest BCUT2D eigenvalue weighted by Gasteiger charge is 2.33. The monoisotopic (exact) mass is 435 g/mol. The Bertz CT molecular complexity index is 836. The first-order valence-corrected chi connectivity index (χ1v) is 9.32. The Balaban J connectivity index is 1.61. The van der Waals surface area contributed by atoms with Crippen molar-refractivity contribution in [3.63, 3.8) is 0 Å². The summed E-state index contributed by atoms with van der Waals surface area (Å²) < 4.78 is 24.0. The standard InChI is InChI=1S/C20H19BrFNO4/c1-26-16-7-2-13(3-8-16)11-23(15-5-6-15)19(24)12-27-20(25)17-10-14(22)4-9-18(17)21/h2-4,7-10,15H,5-6,11-12H2,1H3. The molecule has 3 rings (SSSR count). The van der Waals surface area contributed by atoms with Gasteiger partial charge in [-0.2, -0.15) is 0 Å². The van der Waals surface area contributed by atoms with Crippen LogP contribution in [0.1, 0.15) is 28.8 Å². The van der Waals surface area contributed by atoms with Gasteiger partial charge >= 0.3 is 5.97 Å². The Morgan fingerprint density at radius 1 is 1.19 bits per heavy atom. The molecule has 1 saturated carbocycles. The van der Waals surface area contributed by atoms with E-state index in [-0.39, 0.29) is 24.1 Å². The highest BCUT2D eigenvalue weighted by atomic mass is 79.9. The minimum absolute atomic E-state index is 0.0518. The summed E-state index contributed by atoms with van der Waals surface area (Å²) in [5, 5.41) is 0. The van der Waals surface area contributed by atoms with Crippen molar-refractivity contribution in [3.05, 3.63) is 63.9 Å². The lowest BCUT2D eigenvalue weighted by Gasteiger charge is -2.22. The summed E-state index contributed by atoms with van der Waals surface area (Å²) in [6, 6.07) is 11.4. The molecule has 0 saturated heterocycles. The van der Waals surface area contributed by atoms with Crippen LogP contribution in [-0.4, -0.2) is 36.5 Å². The molecule has 0 spiro atoms. The van der Waals surface area contributed by atoms with Crippen LogP contribution in [0.3, 0.4) is 0 Å². The zero-order valence-corrected chi connectivity index (χ0v) is 16.4. The fourth-order valence-corrected chi connectivity index (χ4v) is 3.09. The summed E-state index contributed by atoms with van der Waals surface area (Å²) in [5.41, 5.74) is 1.02. The molecular weight excluding hydrogens is 417 g/mol. The molecule has 0 atom stereocenters. The minimum Gasteiger partial charge on any atom is -0.497 e. The predicted molar refractivity (Wildman–Crippen MR) is 101 cm³/mol. The number of methoxy groups -OCH3 is 1. The molecule has 1 aliphatic carbocycles. The highest BCUT2D eigenvalue weighted by Crippen LogP contribution is 2.29. The first kappa shape index (κ1) is 19.4. The van der Waals surface area contributed by atoms with E-state index in [9.17, 15) is 14.0 Å². The third-order valence-corrected chi connectivity index (χ3v) is 4.99. The number of rotatable bonds is 7. The second-order valence-corrected chi connectivity index (χ2v) is 7.16. The molecule has 2 aromatic carbocycles. The summed E-state index contributed by atoms with van der Waals surface area (Å²) in [7, 11) is 1.60. The van der Waals surface area contributed by atoms with Crippen molar-refractivity contribution in [2.45, 2.75) is 25.4 Å². The maximum atomic E-state index is 13.3. The van der Waals surface area contributed by atoms with Crippen LogP contribution in [0.2, 0.25) is 0 Å². The first-order valence-electron chi connectivity index (χ1n) is 8.52. The van der Waals surface area contributed by atoms with E-state index in [1.54, 1.807) is 12.0 Å². The minimum atomic E-state index is -0.741. The molecular formula is C20H19BrFNO4. The highest BCUT2D eigenvalue weighted by molar-refractivity contribution is 9.10. The number of carbonyl (C=O) groups is 2. The molecule has 5 nitrogen and oxygen atoms in total. The van der Waals surface area contributed by atoms with Crippen molar-refractivity contribution in [1.29, 1.82) is 0 Å². The van der Waals surface area contributed by atoms with Crippen molar-refractivity contribution < 1.29 is 23.5 Å². The maximum absolute atomic E-state index is 13.3. The number of hydrogen-bond acceptors (Lipinski definition) is 4. The maximum Gasteiger partial charge on any atom is 0.339 e. The van der Waals surface area contributed by atoms with Crippen LogP contribution in [-0.2, 0) is 16.1 Å². The topological polar surface area (TPSA) is 55.8 Å². The van der Waals surface area contributed by atoms with E-state index in [1.165, 1.54) is 12.1 Å². The second-order valence-electron chi connectivity index (χ2n) is 6.30. The van der Waals surface area contributed by atoms with Gasteiger partial charge in [0.2, 0.25) is 0 Å². The second kappa shape index (κ2) is 8.52. The summed E-state index contributed by atoms with van der Waals surface area (Å²) in [6.07, 6.45) is 1.87. The van der Waals surface area contributed by atoms with Crippen LogP contribution in [0.5, 0.6) is 5.75 Å². The van der Waals surface area contributed by atoms with E-state index in [0.717, 1.165) is 30.2 Å². The lowest BCUT2D eigenvalue weighted by atomic mass is 10.2. The molecule has 0 aromatic heterocycles. The Morgan fingerprint density at radius 3 is 2.52 bits per heavy atom. The van der Waals surface area contributed by atoms with Gasteiger partial charge in [-0.1, -0.05) is 12.1 Å². The number of ether oxygens (including phenoxy) is 2. The smallest absolute Gasteiger partial charge is 0.339 e. The van der Waals surface area contributed by atoms with Crippen molar-refractivity contribution in [3.8, 4) is 5.75 Å². The molecule has 1 amide bonds. The summed E-state index contributed by atoms with van der Waals surface area (Å²) in [4.78, 5) is 26.5. The predicted octanol–water partition coefficient (Wildman–Crippen LogP) is 3.94. The molecule has 142 valence electrons. The van der Waals surface area contributed by atoms with Crippen molar-refractivity contribution in [2.75, 3.05) is 13.7 Å². The molecule has 2 aromatic rings. The summed E-state index contributed by atoms with van der Waals surface area (Å²) >= 11 is 3.18. The average Bonchev–Trinajstić information content (AvgIpc) is 3.51. The molecule has 0 radical (unpaired) electrons. The van der Waals surface area contributed by atoms with Gasteiger partial charge in [0.1, 0.15) is 11.6 Å². The largest absolute Gasteiger partial charge is 0.497 e. The number of esters is 1. The van der Waals surface area contributed by atoms with Crippen molar-refractivity contribution in [2.24, 2.45) is 0 Å². The van der Waals surface area contributed by atoms with E-state index in [4.69, 9.17) is 9.47 Å². The first-order chi connectivity index (χ1) is 13.0. The van der Waals surface area contributed by atoms with Crippen molar-refractivity contribution >= 4 is 27.8 Å². The Morgan fingerprint density at radius 2 is 1.89 bits per heavy atom. The number of carbonyl (C=O) groups excluding carboxylic acids is 2. The normalized spacial score (nSPS) is 13.1. The Kier molecular flexibility index (Phi) is 6.11. The van der Waals surface area contributed by atoms with Gasteiger partial charge in [0.15, 0.2) is 6.61 Å². The van der Waals surface area contributed by atoms with Crippen LogP contribution in [0.25, 0.3) is 0 Å². The molecule has 0 bridgehead atoms. The van der Waals surface area contributed by atoms with Crippen LogP contribution < -0.4 is 4.74 Å². The van der Waals surface area contributed by atoms with Gasteiger partial charge in [-0.25, -0.2) is 9.18 Å². The van der Waals surface area contributed by atoms with E-state index >= 15 is 0 Å². The van der Waals surface area contributed by atoms with Crippen LogP contribution in [0.4, 0.5) is 4.39 Å². The molecule has 0 aliphatic heterocycles. The van der Waals surface area contributed by atoms with Crippen molar-refractivity contribution in [1.82, 2.24) is 4.90 Å². The number of amides is 1. The number of hydrogen-bond donors (Lipinski definition) is 0. The molecule has 0 unspecified atom stereocenters. The van der Waals surface area contributed by atoms with Crippen LogP contribution in [0, 0.1) is 5.82 Å². The zero-order chi connectivity index (χ0) is 19.4. The van der Waals surface area contributed by atoms with Gasteiger partial charge in [-0.3, -0.25) is 4.79 Å². The van der Waals surface area contributed by atoms with Crippen LogP contribution in [0.15, 0.2) is 46.9 Å². The van der Waals surface area contributed by atoms with Gasteiger partial charge in [-0.15, -0.1) is 0 Å². The Hall–Kier alpha value is -2.41. The van der Waals surface area contributed by atoms with Gasteiger partial charge in [0, 0.05) is 17.1 Å². The lowest BCUT2D eigenvalue weighted by Crippen LogP contribution is -2.36. The van der Waals surface area contributed by atoms with E-state index in [1.807, 2.05) is 24.3 Å². The average molecular weight is 436 g/mol. The van der Waals surface area contributed by atoms with E-state index in [2.05, 4.69) is 15.9 Å². The molecule has 1 fully saturated rings. The number of halogens is 2. The fraction of sp³-hybridized carbons (Fsp3) is 0.300.